The van der Waals surface area contributed by atoms with Crippen LogP contribution >= 0.6 is 0 Å². The Morgan fingerprint density at radius 1 is 1.43 bits per heavy atom. The molecule has 2 aromatic rings. The van der Waals surface area contributed by atoms with E-state index in [1.165, 1.54) is 16.9 Å². The molecule has 9 nitrogen and oxygen atoms in total. The van der Waals surface area contributed by atoms with Gasteiger partial charge in [-0.1, -0.05) is 5.21 Å². The zero-order valence-corrected chi connectivity index (χ0v) is 11.6. The number of hydrogen-bond donors (Lipinski definition) is 3. The number of carboxylic acid groups (broad SMARTS) is 1. The molecule has 0 aliphatic rings. The van der Waals surface area contributed by atoms with Crippen LogP contribution < -0.4 is 10.5 Å². The van der Waals surface area contributed by atoms with Gasteiger partial charge in [0.1, 0.15) is 0 Å². The minimum atomic E-state index is -3.98. The van der Waals surface area contributed by atoms with Gasteiger partial charge in [-0.3, -0.25) is 4.68 Å². The maximum Gasteiger partial charge on any atom is 0.337 e. The van der Waals surface area contributed by atoms with Crippen molar-refractivity contribution < 1.29 is 18.3 Å². The first kappa shape index (κ1) is 14.9. The molecule has 0 unspecified atom stereocenters. The summed E-state index contributed by atoms with van der Waals surface area (Å²) >= 11 is 0. The minimum Gasteiger partial charge on any atom is -0.478 e. The van der Waals surface area contributed by atoms with E-state index >= 15 is 0 Å². The van der Waals surface area contributed by atoms with Gasteiger partial charge >= 0.3 is 5.97 Å². The summed E-state index contributed by atoms with van der Waals surface area (Å²) in [5.74, 6) is -1.34. The van der Waals surface area contributed by atoms with Crippen LogP contribution in [0.4, 0.5) is 5.69 Å². The number of nitrogens with zero attached hydrogens (tertiary/aromatic N) is 3. The van der Waals surface area contributed by atoms with Gasteiger partial charge in [0.25, 0.3) is 0 Å². The molecule has 0 bridgehead atoms. The van der Waals surface area contributed by atoms with Crippen LogP contribution in [-0.2, 0) is 16.6 Å². The number of carbonyl (C=O) groups is 1. The molecule has 0 aliphatic carbocycles. The van der Waals surface area contributed by atoms with Gasteiger partial charge in [0.15, 0.2) is 0 Å². The van der Waals surface area contributed by atoms with Crippen molar-refractivity contribution in [2.24, 2.45) is 0 Å². The molecule has 4 N–H and O–H groups in total. The highest BCUT2D eigenvalue weighted by Gasteiger charge is 2.22. The van der Waals surface area contributed by atoms with Crippen LogP contribution in [0.25, 0.3) is 0 Å². The molecule has 10 heteroatoms. The molecule has 0 saturated heterocycles. The molecule has 0 aliphatic heterocycles. The molecule has 112 valence electrons. The van der Waals surface area contributed by atoms with Crippen LogP contribution in [-0.4, -0.2) is 41.0 Å². The van der Waals surface area contributed by atoms with Crippen molar-refractivity contribution in [2.75, 3.05) is 12.3 Å². The Morgan fingerprint density at radius 3 is 2.81 bits per heavy atom. The third kappa shape index (κ3) is 3.55. The largest absolute Gasteiger partial charge is 0.478 e. The van der Waals surface area contributed by atoms with E-state index in [4.69, 9.17) is 10.8 Å². The van der Waals surface area contributed by atoms with E-state index in [2.05, 4.69) is 15.0 Å². The highest BCUT2D eigenvalue weighted by Crippen LogP contribution is 2.19. The number of aromatic carboxylic acids is 1. The fourth-order valence-electron chi connectivity index (χ4n) is 1.66. The Labute approximate surface area is 120 Å². The quantitative estimate of drug-likeness (QED) is 0.613. The molecule has 1 aromatic heterocycles. The van der Waals surface area contributed by atoms with Crippen molar-refractivity contribution in [2.45, 2.75) is 11.4 Å². The summed E-state index contributed by atoms with van der Waals surface area (Å²) in [5.41, 5.74) is 5.35. The van der Waals surface area contributed by atoms with Crippen LogP contribution in [0.3, 0.4) is 0 Å². The third-order valence-electron chi connectivity index (χ3n) is 2.63. The molecule has 0 atom stereocenters. The number of benzene rings is 1. The molecule has 1 aromatic carbocycles. The van der Waals surface area contributed by atoms with Gasteiger partial charge in [0.05, 0.1) is 23.2 Å². The minimum absolute atomic E-state index is 0.0412. The number of nitrogen functional groups attached to an aromatic ring is 1. The Balaban J connectivity index is 2.19. The monoisotopic (exact) mass is 311 g/mol. The molecule has 21 heavy (non-hydrogen) atoms. The van der Waals surface area contributed by atoms with E-state index in [1.807, 2.05) is 0 Å². The van der Waals surface area contributed by atoms with E-state index in [-0.39, 0.29) is 29.2 Å². The van der Waals surface area contributed by atoms with Crippen LogP contribution in [0.2, 0.25) is 0 Å². The van der Waals surface area contributed by atoms with E-state index < -0.39 is 16.0 Å². The van der Waals surface area contributed by atoms with E-state index in [0.29, 0.717) is 0 Å². The van der Waals surface area contributed by atoms with Crippen molar-refractivity contribution in [1.82, 2.24) is 19.7 Å². The van der Waals surface area contributed by atoms with Gasteiger partial charge in [-0.25, -0.2) is 17.9 Å². The maximum atomic E-state index is 12.2. The van der Waals surface area contributed by atoms with Crippen LogP contribution in [0.15, 0.2) is 35.5 Å². The molecule has 0 saturated carbocycles. The second-order valence-corrected chi connectivity index (χ2v) is 5.86. The first-order valence-corrected chi connectivity index (χ1v) is 7.35. The van der Waals surface area contributed by atoms with E-state index in [1.54, 1.807) is 6.20 Å². The fourth-order valence-corrected chi connectivity index (χ4v) is 2.91. The number of nitrogens with two attached hydrogens (primary N) is 1. The lowest BCUT2D eigenvalue weighted by atomic mass is 10.2. The normalized spacial score (nSPS) is 11.4. The summed E-state index contributed by atoms with van der Waals surface area (Å²) in [4.78, 5) is 10.7. The standard InChI is InChI=1S/C11H13N5O4S/c12-8-1-2-9(11(17)18)10(7-8)21(19,20)14-4-6-16-5-3-13-15-16/h1-3,5,7,14H,4,6,12H2,(H,17,18). The summed E-state index contributed by atoms with van der Waals surface area (Å²) in [5, 5.41) is 16.3. The van der Waals surface area contributed by atoms with E-state index in [9.17, 15) is 13.2 Å². The SMILES string of the molecule is Nc1ccc(C(=O)O)c(S(=O)(=O)NCCn2ccnn2)c1. The van der Waals surface area contributed by atoms with Crippen LogP contribution in [0.5, 0.6) is 0 Å². The number of hydrogen-bond acceptors (Lipinski definition) is 6. The van der Waals surface area contributed by atoms with E-state index in [0.717, 1.165) is 12.1 Å². The molecule has 0 radical (unpaired) electrons. The molecular formula is C11H13N5O4S. The summed E-state index contributed by atoms with van der Waals surface area (Å²) < 4.78 is 28.1. The van der Waals surface area contributed by atoms with Crippen LogP contribution in [0, 0.1) is 0 Å². The van der Waals surface area contributed by atoms with Gasteiger partial charge in [-0.05, 0) is 18.2 Å². The van der Waals surface area contributed by atoms with Gasteiger partial charge in [-0.15, -0.1) is 5.10 Å². The van der Waals surface area contributed by atoms with Crippen molar-refractivity contribution in [3.63, 3.8) is 0 Å². The first-order chi connectivity index (χ1) is 9.90. The summed E-state index contributed by atoms with van der Waals surface area (Å²) in [7, 11) is -3.98. The number of nitrogens with one attached hydrogen (secondary N) is 1. The second-order valence-electron chi connectivity index (χ2n) is 4.12. The molecule has 2 rings (SSSR count). The Kier molecular flexibility index (Phi) is 4.19. The highest BCUT2D eigenvalue weighted by molar-refractivity contribution is 7.89. The van der Waals surface area contributed by atoms with Gasteiger partial charge in [0.2, 0.25) is 10.0 Å². The topological polar surface area (TPSA) is 140 Å². The summed E-state index contributed by atoms with van der Waals surface area (Å²) in [6.45, 7) is 0.309. The number of sulfonamides is 1. The predicted molar refractivity (Wildman–Crippen MR) is 73.0 cm³/mol. The molecule has 0 spiro atoms. The van der Waals surface area contributed by atoms with Crippen molar-refractivity contribution in [3.05, 3.63) is 36.2 Å². The lowest BCUT2D eigenvalue weighted by molar-refractivity contribution is 0.0692. The highest BCUT2D eigenvalue weighted by atomic mass is 32.2. The molecule has 1 heterocycles. The van der Waals surface area contributed by atoms with Gasteiger partial charge in [0, 0.05) is 18.4 Å². The average molecular weight is 311 g/mol. The third-order valence-corrected chi connectivity index (χ3v) is 4.13. The lowest BCUT2D eigenvalue weighted by Crippen LogP contribution is -2.29. The van der Waals surface area contributed by atoms with Crippen LogP contribution in [0.1, 0.15) is 10.4 Å². The number of carboxylic acids is 1. The fraction of sp³-hybridized carbons (Fsp3) is 0.182. The first-order valence-electron chi connectivity index (χ1n) is 5.87. The van der Waals surface area contributed by atoms with Gasteiger partial charge in [-0.2, -0.15) is 0 Å². The van der Waals surface area contributed by atoms with Crippen molar-refractivity contribution in [3.8, 4) is 0 Å². The molecular weight excluding hydrogens is 298 g/mol. The lowest BCUT2D eigenvalue weighted by Gasteiger charge is -2.10. The predicted octanol–water partition coefficient (Wildman–Crippen LogP) is -0.463. The second kappa shape index (κ2) is 5.89. The summed E-state index contributed by atoms with van der Waals surface area (Å²) in [6, 6.07) is 3.60. The maximum absolute atomic E-state index is 12.2. The smallest absolute Gasteiger partial charge is 0.337 e. The van der Waals surface area contributed by atoms with Crippen molar-refractivity contribution in [1.29, 1.82) is 0 Å². The summed E-state index contributed by atoms with van der Waals surface area (Å²) in [6.07, 6.45) is 3.05. The van der Waals surface area contributed by atoms with Crippen molar-refractivity contribution >= 4 is 21.7 Å². The number of rotatable bonds is 6. The Bertz CT molecular complexity index is 742. The van der Waals surface area contributed by atoms with Gasteiger partial charge < -0.3 is 10.8 Å². The molecule has 0 fully saturated rings. The average Bonchev–Trinajstić information content (AvgIpc) is 2.91. The Hall–Kier alpha value is -2.46. The Morgan fingerprint density at radius 2 is 2.19 bits per heavy atom. The zero-order valence-electron chi connectivity index (χ0n) is 10.8. The number of anilines is 1. The molecule has 0 amide bonds. The number of aromatic nitrogens is 3. The zero-order chi connectivity index (χ0) is 15.5.